The highest BCUT2D eigenvalue weighted by Crippen LogP contribution is 2.23. The Kier molecular flexibility index (Phi) is 4.94. The first kappa shape index (κ1) is 14.5. The standard InChI is InChI=1S/C15H19ClFNO/c1-10(19)13(9-18-12-4-2-3-5-12)11-6-7-14(16)15(17)8-11/h6-8,12-13,18H,2-5,9H2,1H3. The lowest BCUT2D eigenvalue weighted by molar-refractivity contribution is -0.118. The number of ketones is 1. The summed E-state index contributed by atoms with van der Waals surface area (Å²) >= 11 is 5.67. The van der Waals surface area contributed by atoms with E-state index in [0.717, 1.165) is 0 Å². The van der Waals surface area contributed by atoms with E-state index in [1.807, 2.05) is 0 Å². The number of Topliss-reactive ketones (excluding diaryl/α,β-unsaturated/α-hetero) is 1. The van der Waals surface area contributed by atoms with Crippen molar-refractivity contribution in [3.63, 3.8) is 0 Å². The predicted octanol–water partition coefficient (Wildman–Crippen LogP) is 3.68. The van der Waals surface area contributed by atoms with Crippen LogP contribution in [0.4, 0.5) is 4.39 Å². The van der Waals surface area contributed by atoms with E-state index >= 15 is 0 Å². The Bertz CT molecular complexity index is 457. The molecule has 4 heteroatoms. The summed E-state index contributed by atoms with van der Waals surface area (Å²) in [5.41, 5.74) is 0.694. The van der Waals surface area contributed by atoms with Crippen LogP contribution in [0.5, 0.6) is 0 Å². The Morgan fingerprint density at radius 3 is 2.74 bits per heavy atom. The third-order valence-electron chi connectivity index (χ3n) is 3.80. The van der Waals surface area contributed by atoms with E-state index in [-0.39, 0.29) is 16.7 Å². The van der Waals surface area contributed by atoms with Crippen molar-refractivity contribution in [3.05, 3.63) is 34.6 Å². The topological polar surface area (TPSA) is 29.1 Å². The van der Waals surface area contributed by atoms with E-state index in [4.69, 9.17) is 11.6 Å². The average molecular weight is 284 g/mol. The van der Waals surface area contributed by atoms with Crippen LogP contribution in [0.25, 0.3) is 0 Å². The Morgan fingerprint density at radius 1 is 1.47 bits per heavy atom. The molecule has 0 spiro atoms. The molecule has 0 aliphatic heterocycles. The lowest BCUT2D eigenvalue weighted by Gasteiger charge is -2.19. The number of halogens is 2. The highest BCUT2D eigenvalue weighted by Gasteiger charge is 2.21. The summed E-state index contributed by atoms with van der Waals surface area (Å²) in [6.07, 6.45) is 4.83. The number of hydrogen-bond acceptors (Lipinski definition) is 2. The summed E-state index contributed by atoms with van der Waals surface area (Å²) in [7, 11) is 0. The van der Waals surface area contributed by atoms with E-state index < -0.39 is 5.82 Å². The molecule has 1 aromatic carbocycles. The minimum Gasteiger partial charge on any atom is -0.313 e. The molecule has 1 aliphatic carbocycles. The second-order valence-electron chi connectivity index (χ2n) is 5.23. The van der Waals surface area contributed by atoms with Crippen molar-refractivity contribution in [2.75, 3.05) is 6.54 Å². The van der Waals surface area contributed by atoms with Crippen molar-refractivity contribution in [2.24, 2.45) is 0 Å². The van der Waals surface area contributed by atoms with E-state index in [0.29, 0.717) is 18.2 Å². The van der Waals surface area contributed by atoms with Crippen molar-refractivity contribution in [1.29, 1.82) is 0 Å². The maximum Gasteiger partial charge on any atom is 0.142 e. The monoisotopic (exact) mass is 283 g/mol. The molecule has 0 amide bonds. The number of benzene rings is 1. The summed E-state index contributed by atoms with van der Waals surface area (Å²) in [5, 5.41) is 3.51. The first-order valence-electron chi connectivity index (χ1n) is 6.76. The average Bonchev–Trinajstić information content (AvgIpc) is 2.86. The van der Waals surface area contributed by atoms with Crippen molar-refractivity contribution in [1.82, 2.24) is 5.32 Å². The Balaban J connectivity index is 2.05. The summed E-state index contributed by atoms with van der Waals surface area (Å²) < 4.78 is 13.5. The highest BCUT2D eigenvalue weighted by molar-refractivity contribution is 6.30. The van der Waals surface area contributed by atoms with Crippen LogP contribution in [-0.4, -0.2) is 18.4 Å². The molecule has 1 unspecified atom stereocenters. The number of rotatable bonds is 5. The van der Waals surface area contributed by atoms with Gasteiger partial charge in [0, 0.05) is 12.6 Å². The van der Waals surface area contributed by atoms with E-state index in [9.17, 15) is 9.18 Å². The molecule has 1 aromatic rings. The van der Waals surface area contributed by atoms with Gasteiger partial charge >= 0.3 is 0 Å². The summed E-state index contributed by atoms with van der Waals surface area (Å²) in [6, 6.07) is 5.11. The number of carbonyl (C=O) groups is 1. The van der Waals surface area contributed by atoms with Crippen LogP contribution >= 0.6 is 11.6 Å². The molecule has 0 radical (unpaired) electrons. The van der Waals surface area contributed by atoms with Gasteiger partial charge in [-0.2, -0.15) is 0 Å². The lowest BCUT2D eigenvalue weighted by atomic mass is 9.95. The minimum atomic E-state index is -0.466. The Labute approximate surface area is 118 Å². The van der Waals surface area contributed by atoms with Crippen LogP contribution in [0.3, 0.4) is 0 Å². The molecule has 0 saturated heterocycles. The van der Waals surface area contributed by atoms with Crippen LogP contribution in [0.1, 0.15) is 44.1 Å². The lowest BCUT2D eigenvalue weighted by Crippen LogP contribution is -2.32. The largest absolute Gasteiger partial charge is 0.313 e. The molecule has 2 nitrogen and oxygen atoms in total. The molecule has 104 valence electrons. The van der Waals surface area contributed by atoms with Crippen molar-refractivity contribution in [3.8, 4) is 0 Å². The second kappa shape index (κ2) is 6.49. The van der Waals surface area contributed by atoms with Gasteiger partial charge in [0.15, 0.2) is 0 Å². The van der Waals surface area contributed by atoms with Gasteiger partial charge in [0.1, 0.15) is 11.6 Å². The van der Waals surface area contributed by atoms with Gasteiger partial charge in [-0.15, -0.1) is 0 Å². The molecule has 2 rings (SSSR count). The molecule has 1 atom stereocenters. The second-order valence-corrected chi connectivity index (χ2v) is 5.63. The predicted molar refractivity (Wildman–Crippen MR) is 75.1 cm³/mol. The van der Waals surface area contributed by atoms with Crippen LogP contribution in [0.15, 0.2) is 18.2 Å². The summed E-state index contributed by atoms with van der Waals surface area (Å²) in [5.74, 6) is -0.717. The molecule has 1 saturated carbocycles. The molecule has 0 aromatic heterocycles. The molecule has 19 heavy (non-hydrogen) atoms. The quantitative estimate of drug-likeness (QED) is 0.893. The van der Waals surface area contributed by atoms with Crippen LogP contribution in [-0.2, 0) is 4.79 Å². The fraction of sp³-hybridized carbons (Fsp3) is 0.533. The highest BCUT2D eigenvalue weighted by atomic mass is 35.5. The van der Waals surface area contributed by atoms with E-state index in [1.54, 1.807) is 13.0 Å². The zero-order valence-electron chi connectivity index (χ0n) is 11.1. The minimum absolute atomic E-state index is 0.0484. The van der Waals surface area contributed by atoms with Gasteiger partial charge < -0.3 is 5.32 Å². The van der Waals surface area contributed by atoms with Crippen molar-refractivity contribution in [2.45, 2.75) is 44.6 Å². The van der Waals surface area contributed by atoms with Crippen molar-refractivity contribution < 1.29 is 9.18 Å². The zero-order valence-corrected chi connectivity index (χ0v) is 11.8. The number of carbonyl (C=O) groups excluding carboxylic acids is 1. The van der Waals surface area contributed by atoms with Crippen LogP contribution < -0.4 is 5.32 Å². The third kappa shape index (κ3) is 3.77. The number of nitrogens with one attached hydrogen (secondary N) is 1. The van der Waals surface area contributed by atoms with Gasteiger partial charge in [0.2, 0.25) is 0 Å². The van der Waals surface area contributed by atoms with Gasteiger partial charge in [0.25, 0.3) is 0 Å². The smallest absolute Gasteiger partial charge is 0.142 e. The first-order chi connectivity index (χ1) is 9.08. The van der Waals surface area contributed by atoms with Gasteiger partial charge in [0.05, 0.1) is 10.9 Å². The van der Waals surface area contributed by atoms with E-state index in [2.05, 4.69) is 5.32 Å². The van der Waals surface area contributed by atoms with Gasteiger partial charge in [-0.1, -0.05) is 30.5 Å². The Morgan fingerprint density at radius 2 is 2.16 bits per heavy atom. The van der Waals surface area contributed by atoms with Crippen LogP contribution in [0.2, 0.25) is 5.02 Å². The Hall–Kier alpha value is -0.930. The normalized spacial score (nSPS) is 17.6. The van der Waals surface area contributed by atoms with Gasteiger partial charge in [-0.3, -0.25) is 4.79 Å². The summed E-state index contributed by atoms with van der Waals surface area (Å²) in [4.78, 5) is 11.7. The van der Waals surface area contributed by atoms with Gasteiger partial charge in [-0.25, -0.2) is 4.39 Å². The van der Waals surface area contributed by atoms with Crippen LogP contribution in [0, 0.1) is 5.82 Å². The number of hydrogen-bond donors (Lipinski definition) is 1. The maximum absolute atomic E-state index is 13.5. The van der Waals surface area contributed by atoms with Crippen molar-refractivity contribution >= 4 is 17.4 Å². The molecule has 0 bridgehead atoms. The SMILES string of the molecule is CC(=O)C(CNC1CCCC1)c1ccc(Cl)c(F)c1. The molecule has 1 N–H and O–H groups in total. The zero-order chi connectivity index (χ0) is 13.8. The molecule has 1 fully saturated rings. The molecular weight excluding hydrogens is 265 g/mol. The molecule has 1 aliphatic rings. The maximum atomic E-state index is 13.5. The van der Waals surface area contributed by atoms with E-state index in [1.165, 1.54) is 37.8 Å². The summed E-state index contributed by atoms with van der Waals surface area (Å²) in [6.45, 7) is 2.12. The fourth-order valence-corrected chi connectivity index (χ4v) is 2.76. The van der Waals surface area contributed by atoms with Gasteiger partial charge in [-0.05, 0) is 37.5 Å². The molecular formula is C15H19ClFNO. The first-order valence-corrected chi connectivity index (χ1v) is 7.14. The third-order valence-corrected chi connectivity index (χ3v) is 4.11. The molecule has 0 heterocycles. The fourth-order valence-electron chi connectivity index (χ4n) is 2.64.